The average molecular weight is 855 g/mol. The molecule has 0 aliphatic heterocycles. The Morgan fingerprint density at radius 2 is 1.62 bits per heavy atom. The Kier molecular flexibility index (Phi) is 8.22. The quantitative estimate of drug-likeness (QED) is 0.131. The molecule has 0 atom stereocenters. The summed E-state index contributed by atoms with van der Waals surface area (Å²) >= 11 is -1.83. The summed E-state index contributed by atoms with van der Waals surface area (Å²) in [6.45, 7) is -0.111. The number of rotatable bonds is 4. The first-order chi connectivity index (χ1) is 23.5. The molecule has 0 saturated carbocycles. The molecule has 0 aliphatic rings. The third-order valence-electron chi connectivity index (χ3n) is 7.95. The summed E-state index contributed by atoms with van der Waals surface area (Å²) in [5.41, 5.74) is 8.15. The summed E-state index contributed by atoms with van der Waals surface area (Å²) < 4.78 is 31.8. The van der Waals surface area contributed by atoms with E-state index in [-0.39, 0.29) is 20.1 Å². The van der Waals surface area contributed by atoms with Gasteiger partial charge in [0, 0.05) is 36.9 Å². The van der Waals surface area contributed by atoms with Crippen molar-refractivity contribution in [3.8, 4) is 28.3 Å². The SMILES string of the molecule is Cc1ccc2c(n1)oc1c(-c3nc4ccccc4n3-c3ccccc3)[c-]ccc12.[2H]C([2H])([2H])c1c[c-]c(-c2cc[c]([Ge]([CH3])([CH3])[CH3])cn2)cc1.[Ir]. The maximum absolute atomic E-state index is 7.35. The van der Waals surface area contributed by atoms with Gasteiger partial charge in [-0.15, -0.1) is 18.2 Å². The third kappa shape index (κ3) is 6.59. The maximum atomic E-state index is 7.35. The second kappa shape index (κ2) is 13.4. The summed E-state index contributed by atoms with van der Waals surface area (Å²) in [5.74, 6) is 7.79. The van der Waals surface area contributed by atoms with Gasteiger partial charge in [-0.3, -0.25) is 4.98 Å². The van der Waals surface area contributed by atoms with E-state index in [1.807, 2.05) is 73.8 Å². The molecule has 0 amide bonds. The number of fused-ring (bicyclic) bond motifs is 4. The zero-order valence-corrected chi connectivity index (χ0v) is 31.0. The van der Waals surface area contributed by atoms with Gasteiger partial charge in [0.15, 0.2) is 0 Å². The van der Waals surface area contributed by atoms with Gasteiger partial charge in [-0.25, -0.2) is 4.98 Å². The van der Waals surface area contributed by atoms with Gasteiger partial charge in [0.25, 0.3) is 0 Å². The Morgan fingerprint density at radius 1 is 0.809 bits per heavy atom. The number of aromatic nitrogens is 4. The topological polar surface area (TPSA) is 56.7 Å². The van der Waals surface area contributed by atoms with Crippen LogP contribution in [0.1, 0.15) is 15.4 Å². The van der Waals surface area contributed by atoms with Gasteiger partial charge in [0.1, 0.15) is 0 Å². The van der Waals surface area contributed by atoms with Crippen LogP contribution >= 0.6 is 0 Å². The van der Waals surface area contributed by atoms with E-state index < -0.39 is 20.1 Å². The molecule has 8 aromatic rings. The number of nitrogens with zero attached hydrogens (tertiary/aromatic N) is 4. The minimum absolute atomic E-state index is 0. The number of hydrogen-bond acceptors (Lipinski definition) is 4. The van der Waals surface area contributed by atoms with Crippen molar-refractivity contribution in [2.45, 2.75) is 31.0 Å². The van der Waals surface area contributed by atoms with Crippen molar-refractivity contribution in [3.63, 3.8) is 0 Å². The van der Waals surface area contributed by atoms with Crippen molar-refractivity contribution >= 4 is 50.8 Å². The Morgan fingerprint density at radius 3 is 2.34 bits per heavy atom. The van der Waals surface area contributed by atoms with E-state index in [4.69, 9.17) is 13.5 Å². The van der Waals surface area contributed by atoms with Gasteiger partial charge in [-0.1, -0.05) is 41.3 Å². The van der Waals surface area contributed by atoms with Crippen molar-refractivity contribution in [1.29, 1.82) is 0 Å². The fraction of sp³-hybridized carbons (Fsp3) is 0.125. The van der Waals surface area contributed by atoms with Gasteiger partial charge in [0.2, 0.25) is 5.71 Å². The van der Waals surface area contributed by atoms with Gasteiger partial charge in [0.05, 0.1) is 22.4 Å². The van der Waals surface area contributed by atoms with Crippen LogP contribution in [0.3, 0.4) is 0 Å². The van der Waals surface area contributed by atoms with Crippen LogP contribution in [0, 0.1) is 25.9 Å². The van der Waals surface area contributed by atoms with Crippen LogP contribution in [0.5, 0.6) is 0 Å². The van der Waals surface area contributed by atoms with E-state index in [0.717, 1.165) is 61.4 Å². The van der Waals surface area contributed by atoms with E-state index in [2.05, 4.69) is 74.3 Å². The molecule has 0 unspecified atom stereocenters. The van der Waals surface area contributed by atoms with Crippen LogP contribution in [0.15, 0.2) is 120 Å². The molecular formula is C40H34GeIrN4O-2. The molecule has 8 rings (SSSR count). The Bertz CT molecular complexity index is 2360. The van der Waals surface area contributed by atoms with Crippen LogP contribution < -0.4 is 4.40 Å². The second-order valence-corrected chi connectivity index (χ2v) is 22.9. The molecule has 4 aromatic heterocycles. The van der Waals surface area contributed by atoms with Gasteiger partial charge in [-0.05, 0) is 43.3 Å². The standard InChI is InChI=1S/C25H16N3O.C15H18GeN.Ir/c1-16-14-15-19-18-10-7-11-20(23(18)29-25(19)26-16)24-27-21-12-5-6-13-22(21)28(24)17-8-3-2-4-9-17;1-12-5-7-13(8-6-12)15-10-9-14(11-17-15)16(2,3)4;/h2-10,12-15H,1H3;5-7,9-11H,1-4H3;/q2*-1;/i;1D3;. The van der Waals surface area contributed by atoms with Crippen molar-refractivity contribution in [2.24, 2.45) is 0 Å². The molecular weight excluding hydrogens is 817 g/mol. The molecule has 0 bridgehead atoms. The largest absolute Gasteiger partial charge is 0 e. The number of pyridine rings is 2. The molecule has 7 heteroatoms. The monoisotopic (exact) mass is 856 g/mol. The first kappa shape index (κ1) is 28.8. The summed E-state index contributed by atoms with van der Waals surface area (Å²) in [5, 5.41) is 2.02. The van der Waals surface area contributed by atoms with Gasteiger partial charge in [-0.2, -0.15) is 0 Å². The fourth-order valence-electron chi connectivity index (χ4n) is 5.49. The number of aryl methyl sites for hydroxylation is 2. The Hall–Kier alpha value is -4.36. The van der Waals surface area contributed by atoms with Crippen LogP contribution in [-0.2, 0) is 20.1 Å². The molecule has 4 heterocycles. The summed E-state index contributed by atoms with van der Waals surface area (Å²) in [6, 6.07) is 41.9. The minimum atomic E-state index is -2.08. The van der Waals surface area contributed by atoms with Crippen LogP contribution in [0.4, 0.5) is 0 Å². The zero-order chi connectivity index (χ0) is 34.3. The van der Waals surface area contributed by atoms with Crippen LogP contribution in [0.2, 0.25) is 17.3 Å². The number of para-hydroxylation sites is 3. The summed E-state index contributed by atoms with van der Waals surface area (Å²) in [4.78, 5) is 14.0. The summed E-state index contributed by atoms with van der Waals surface area (Å²) in [7, 11) is 0. The average Bonchev–Trinajstić information content (AvgIpc) is 3.66. The van der Waals surface area contributed by atoms with E-state index >= 15 is 0 Å². The third-order valence-corrected chi connectivity index (χ3v) is 12.2. The predicted octanol–water partition coefficient (Wildman–Crippen LogP) is 9.50. The van der Waals surface area contributed by atoms with Crippen molar-refractivity contribution in [2.75, 3.05) is 0 Å². The van der Waals surface area contributed by atoms with Gasteiger partial charge >= 0.3 is 110 Å². The number of furan rings is 1. The molecule has 4 aromatic carbocycles. The number of hydrogen-bond donors (Lipinski definition) is 0. The molecule has 0 saturated heterocycles. The van der Waals surface area contributed by atoms with E-state index in [1.54, 1.807) is 12.1 Å². The Labute approximate surface area is 295 Å². The first-order valence-corrected chi connectivity index (χ1v) is 22.5. The second-order valence-electron chi connectivity index (χ2n) is 12.3. The molecule has 0 fully saturated rings. The molecule has 0 N–H and O–H groups in total. The minimum Gasteiger partial charge on any atom is 0 e. The molecule has 0 spiro atoms. The van der Waals surface area contributed by atoms with E-state index in [9.17, 15) is 0 Å². The van der Waals surface area contributed by atoms with E-state index in [1.165, 1.54) is 10.5 Å². The van der Waals surface area contributed by atoms with E-state index in [0.29, 0.717) is 11.3 Å². The fourth-order valence-corrected chi connectivity index (χ4v) is 7.67. The number of imidazole rings is 1. The van der Waals surface area contributed by atoms with Crippen LogP contribution in [0.25, 0.3) is 61.4 Å². The predicted molar refractivity (Wildman–Crippen MR) is 191 cm³/mol. The van der Waals surface area contributed by atoms with Crippen molar-refractivity contribution < 1.29 is 28.6 Å². The van der Waals surface area contributed by atoms with Gasteiger partial charge < -0.3 is 8.98 Å². The Balaban J connectivity index is 0.000000182. The smallest absolute Gasteiger partial charge is 0 e. The molecule has 0 aliphatic carbocycles. The first-order valence-electron chi connectivity index (χ1n) is 16.7. The molecule has 5 nitrogen and oxygen atoms in total. The van der Waals surface area contributed by atoms with Crippen molar-refractivity contribution in [1.82, 2.24) is 19.5 Å². The normalized spacial score (nSPS) is 12.6. The summed E-state index contributed by atoms with van der Waals surface area (Å²) in [6.07, 6.45) is 1.95. The molecule has 1 radical (unpaired) electrons. The van der Waals surface area contributed by atoms with Crippen LogP contribution in [-0.4, -0.2) is 32.8 Å². The molecule has 235 valence electrons. The van der Waals surface area contributed by atoms with Crippen molar-refractivity contribution in [3.05, 3.63) is 139 Å². The number of benzene rings is 4. The molecule has 47 heavy (non-hydrogen) atoms. The zero-order valence-electron chi connectivity index (χ0n) is 29.5. The maximum Gasteiger partial charge on any atom is 0 e.